The van der Waals surface area contributed by atoms with Gasteiger partial charge in [0.15, 0.2) is 5.13 Å². The van der Waals surface area contributed by atoms with E-state index in [1.807, 2.05) is 10.3 Å². The molecule has 2 aliphatic heterocycles. The summed E-state index contributed by atoms with van der Waals surface area (Å²) in [5.41, 5.74) is 6.90. The minimum absolute atomic E-state index is 0.235. The third kappa shape index (κ3) is 2.96. The van der Waals surface area contributed by atoms with E-state index in [0.717, 1.165) is 57.7 Å². The maximum Gasteiger partial charge on any atom is 0.222 e. The average Bonchev–Trinajstić information content (AvgIpc) is 3.04. The molecule has 2 N–H and O–H groups in total. The van der Waals surface area contributed by atoms with Crippen LogP contribution < -0.4 is 5.73 Å². The molecule has 6 heteroatoms. The summed E-state index contributed by atoms with van der Waals surface area (Å²) in [6, 6.07) is 0. The zero-order valence-electron chi connectivity index (χ0n) is 11.6. The number of hydrogen-bond acceptors (Lipinski definition) is 5. The Morgan fingerprint density at radius 1 is 1.50 bits per heavy atom. The molecule has 0 bridgehead atoms. The van der Waals surface area contributed by atoms with E-state index in [1.165, 1.54) is 11.3 Å². The van der Waals surface area contributed by atoms with Gasteiger partial charge in [-0.15, -0.1) is 11.3 Å². The molecule has 5 nitrogen and oxygen atoms in total. The molecule has 2 saturated heterocycles. The van der Waals surface area contributed by atoms with E-state index < -0.39 is 0 Å². The first-order valence-electron chi connectivity index (χ1n) is 7.22. The maximum atomic E-state index is 12.0. The molecule has 20 heavy (non-hydrogen) atoms. The summed E-state index contributed by atoms with van der Waals surface area (Å²) in [6.45, 7) is 3.35. The predicted octanol–water partition coefficient (Wildman–Crippen LogP) is 1.69. The molecule has 110 valence electrons. The molecular weight excluding hydrogens is 274 g/mol. The van der Waals surface area contributed by atoms with Crippen LogP contribution in [0.2, 0.25) is 0 Å². The second-order valence-corrected chi connectivity index (χ2v) is 6.79. The Balaban J connectivity index is 1.51. The highest BCUT2D eigenvalue weighted by Gasteiger charge is 2.41. The number of nitrogens with zero attached hydrogens (tertiary/aromatic N) is 2. The monoisotopic (exact) mass is 295 g/mol. The van der Waals surface area contributed by atoms with Crippen LogP contribution in [-0.2, 0) is 16.0 Å². The van der Waals surface area contributed by atoms with E-state index in [4.69, 9.17) is 10.5 Å². The van der Waals surface area contributed by atoms with Gasteiger partial charge >= 0.3 is 0 Å². The highest BCUT2D eigenvalue weighted by atomic mass is 32.1. The number of anilines is 1. The van der Waals surface area contributed by atoms with E-state index in [-0.39, 0.29) is 5.41 Å². The van der Waals surface area contributed by atoms with Crippen molar-refractivity contribution < 1.29 is 9.53 Å². The molecule has 1 amide bonds. The standard InChI is InChI=1S/C14H21N3O2S/c15-13-16-11(8-20-13)2-1-6-17-9-14(4-3-12(17)18)5-7-19-10-14/h8H,1-7,9-10H2,(H2,15,16). The smallest absolute Gasteiger partial charge is 0.222 e. The predicted molar refractivity (Wildman–Crippen MR) is 78.5 cm³/mol. The number of hydrogen-bond donors (Lipinski definition) is 1. The minimum atomic E-state index is 0.235. The Labute approximate surface area is 123 Å². The van der Waals surface area contributed by atoms with Crippen molar-refractivity contribution in [2.75, 3.05) is 32.0 Å². The lowest BCUT2D eigenvalue weighted by molar-refractivity contribution is -0.137. The van der Waals surface area contributed by atoms with E-state index in [1.54, 1.807) is 0 Å². The zero-order chi connectivity index (χ0) is 14.0. The van der Waals surface area contributed by atoms with Gasteiger partial charge in [-0.2, -0.15) is 0 Å². The Morgan fingerprint density at radius 2 is 2.40 bits per heavy atom. The number of rotatable bonds is 4. The largest absolute Gasteiger partial charge is 0.381 e. The second kappa shape index (κ2) is 5.69. The summed E-state index contributed by atoms with van der Waals surface area (Å²) in [4.78, 5) is 18.3. The molecule has 0 saturated carbocycles. The van der Waals surface area contributed by atoms with Crippen LogP contribution in [0.3, 0.4) is 0 Å². The van der Waals surface area contributed by atoms with Gasteiger partial charge in [-0.3, -0.25) is 4.79 Å². The molecule has 2 aliphatic rings. The van der Waals surface area contributed by atoms with E-state index in [0.29, 0.717) is 17.5 Å². The van der Waals surface area contributed by atoms with Crippen molar-refractivity contribution >= 4 is 22.4 Å². The third-order valence-electron chi connectivity index (χ3n) is 4.36. The normalized spacial score (nSPS) is 26.6. The third-order valence-corrected chi connectivity index (χ3v) is 5.09. The molecule has 2 fully saturated rings. The molecule has 1 atom stereocenters. The zero-order valence-corrected chi connectivity index (χ0v) is 12.5. The topological polar surface area (TPSA) is 68.4 Å². The number of nitrogen functional groups attached to an aromatic ring is 1. The van der Waals surface area contributed by atoms with Crippen LogP contribution in [0.5, 0.6) is 0 Å². The van der Waals surface area contributed by atoms with E-state index >= 15 is 0 Å². The first-order valence-corrected chi connectivity index (χ1v) is 8.10. The lowest BCUT2D eigenvalue weighted by Gasteiger charge is -2.39. The fourth-order valence-electron chi connectivity index (χ4n) is 3.17. The molecule has 0 radical (unpaired) electrons. The maximum absolute atomic E-state index is 12.0. The number of carbonyl (C=O) groups excluding carboxylic acids is 1. The average molecular weight is 295 g/mol. The number of ether oxygens (including phenoxy) is 1. The number of nitrogens with two attached hydrogens (primary N) is 1. The molecule has 3 heterocycles. The van der Waals surface area contributed by atoms with Crippen LogP contribution in [0.25, 0.3) is 0 Å². The van der Waals surface area contributed by atoms with Crippen molar-refractivity contribution in [2.24, 2.45) is 5.41 Å². The summed E-state index contributed by atoms with van der Waals surface area (Å²) in [6.07, 6.45) is 4.60. The highest BCUT2D eigenvalue weighted by Crippen LogP contribution is 2.38. The summed E-state index contributed by atoms with van der Waals surface area (Å²) in [7, 11) is 0. The van der Waals surface area contributed by atoms with Crippen molar-refractivity contribution in [3.63, 3.8) is 0 Å². The molecule has 1 aromatic heterocycles. The highest BCUT2D eigenvalue weighted by molar-refractivity contribution is 7.13. The van der Waals surface area contributed by atoms with Gasteiger partial charge in [-0.1, -0.05) is 0 Å². The first kappa shape index (κ1) is 13.8. The number of carbonyl (C=O) groups is 1. The number of thiazole rings is 1. The molecule has 0 aromatic carbocycles. The SMILES string of the molecule is Nc1nc(CCCN2CC3(CCOC3)CCC2=O)cs1. The first-order chi connectivity index (χ1) is 9.67. The molecule has 0 aliphatic carbocycles. The molecular formula is C14H21N3O2S. The van der Waals surface area contributed by atoms with Gasteiger partial charge in [0.25, 0.3) is 0 Å². The fraction of sp³-hybridized carbons (Fsp3) is 0.714. The van der Waals surface area contributed by atoms with Gasteiger partial charge < -0.3 is 15.4 Å². The lowest BCUT2D eigenvalue weighted by Crippen LogP contribution is -2.47. The van der Waals surface area contributed by atoms with Crippen LogP contribution in [0.15, 0.2) is 5.38 Å². The number of piperidine rings is 1. The molecule has 1 aromatic rings. The van der Waals surface area contributed by atoms with Crippen LogP contribution in [-0.4, -0.2) is 42.1 Å². The summed E-state index contributed by atoms with van der Waals surface area (Å²) in [5, 5.41) is 2.62. The van der Waals surface area contributed by atoms with Crippen LogP contribution in [0.1, 0.15) is 31.4 Å². The Kier molecular flexibility index (Phi) is 3.94. The number of amides is 1. The number of aryl methyl sites for hydroxylation is 1. The van der Waals surface area contributed by atoms with Crippen molar-refractivity contribution in [1.82, 2.24) is 9.88 Å². The quantitative estimate of drug-likeness (QED) is 0.917. The van der Waals surface area contributed by atoms with Crippen molar-refractivity contribution in [1.29, 1.82) is 0 Å². The fourth-order valence-corrected chi connectivity index (χ4v) is 3.76. The Morgan fingerprint density at radius 3 is 3.10 bits per heavy atom. The van der Waals surface area contributed by atoms with Gasteiger partial charge in [-0.05, 0) is 25.7 Å². The Hall–Kier alpha value is -1.14. The molecule has 1 unspecified atom stereocenters. The van der Waals surface area contributed by atoms with Crippen LogP contribution in [0, 0.1) is 5.41 Å². The van der Waals surface area contributed by atoms with Crippen LogP contribution in [0.4, 0.5) is 5.13 Å². The minimum Gasteiger partial charge on any atom is -0.381 e. The van der Waals surface area contributed by atoms with Gasteiger partial charge in [0.05, 0.1) is 12.3 Å². The Bertz CT molecular complexity index is 483. The second-order valence-electron chi connectivity index (χ2n) is 5.90. The van der Waals surface area contributed by atoms with Gasteiger partial charge in [0, 0.05) is 36.9 Å². The van der Waals surface area contributed by atoms with Crippen molar-refractivity contribution in [3.8, 4) is 0 Å². The van der Waals surface area contributed by atoms with Crippen molar-refractivity contribution in [2.45, 2.75) is 32.1 Å². The van der Waals surface area contributed by atoms with Gasteiger partial charge in [-0.25, -0.2) is 4.98 Å². The molecule has 3 rings (SSSR count). The van der Waals surface area contributed by atoms with Gasteiger partial charge in [0.1, 0.15) is 0 Å². The molecule has 1 spiro atoms. The number of aromatic nitrogens is 1. The van der Waals surface area contributed by atoms with Crippen molar-refractivity contribution in [3.05, 3.63) is 11.1 Å². The van der Waals surface area contributed by atoms with E-state index in [9.17, 15) is 4.79 Å². The van der Waals surface area contributed by atoms with Crippen LogP contribution >= 0.6 is 11.3 Å². The lowest BCUT2D eigenvalue weighted by atomic mass is 9.79. The van der Waals surface area contributed by atoms with Gasteiger partial charge in [0.2, 0.25) is 5.91 Å². The van der Waals surface area contributed by atoms with E-state index in [2.05, 4.69) is 4.98 Å². The number of likely N-dealkylation sites (tertiary alicyclic amines) is 1. The summed E-state index contributed by atoms with van der Waals surface area (Å²) in [5.74, 6) is 0.292. The summed E-state index contributed by atoms with van der Waals surface area (Å²) < 4.78 is 5.54. The summed E-state index contributed by atoms with van der Waals surface area (Å²) >= 11 is 1.48.